The Kier molecular flexibility index (Phi) is 2.37. The first-order valence-corrected chi connectivity index (χ1v) is 7.34. The zero-order valence-corrected chi connectivity index (χ0v) is 12.1. The topological polar surface area (TPSA) is 47.1 Å². The highest BCUT2D eigenvalue weighted by Crippen LogP contribution is 2.41. The Morgan fingerprint density at radius 2 is 2.10 bits per heavy atom. The fourth-order valence-corrected chi connectivity index (χ4v) is 3.28. The zero-order chi connectivity index (χ0) is 13.9. The molecule has 2 heterocycles. The molecule has 2 N–H and O–H groups in total. The number of hydrogen-bond acceptors (Lipinski definition) is 3. The largest absolute Gasteiger partial charge is 0.383 e. The molecule has 0 unspecified atom stereocenters. The molecule has 0 bridgehead atoms. The third-order valence-electron chi connectivity index (χ3n) is 4.52. The van der Waals surface area contributed by atoms with Crippen LogP contribution in [0, 0.1) is 6.92 Å². The Morgan fingerprint density at radius 1 is 1.30 bits per heavy atom. The highest BCUT2D eigenvalue weighted by molar-refractivity contribution is 5.75. The fraction of sp³-hybridized carbons (Fsp3) is 0.438. The van der Waals surface area contributed by atoms with Gasteiger partial charge >= 0.3 is 0 Å². The number of benzene rings is 1. The second-order valence-corrected chi connectivity index (χ2v) is 6.01. The van der Waals surface area contributed by atoms with Gasteiger partial charge in [-0.3, -0.25) is 0 Å². The van der Waals surface area contributed by atoms with E-state index in [4.69, 9.17) is 10.7 Å². The second-order valence-electron chi connectivity index (χ2n) is 6.01. The van der Waals surface area contributed by atoms with Crippen LogP contribution in [-0.2, 0) is 6.42 Å². The van der Waals surface area contributed by atoms with Crippen LogP contribution in [0.1, 0.15) is 30.3 Å². The lowest BCUT2D eigenvalue weighted by Gasteiger charge is -2.12. The van der Waals surface area contributed by atoms with Crippen molar-refractivity contribution in [2.24, 2.45) is 0 Å². The molecule has 4 rings (SSSR count). The maximum atomic E-state index is 6.34. The molecule has 2 aromatic rings. The van der Waals surface area contributed by atoms with E-state index >= 15 is 0 Å². The SMILES string of the molecule is Cc1nc(-c2ccc3c(c2)CCN3C)c(N)n1C1CC1. The van der Waals surface area contributed by atoms with Crippen molar-refractivity contribution in [3.05, 3.63) is 29.6 Å². The van der Waals surface area contributed by atoms with Crippen LogP contribution in [0.4, 0.5) is 11.5 Å². The van der Waals surface area contributed by atoms with Gasteiger partial charge in [-0.2, -0.15) is 0 Å². The lowest BCUT2D eigenvalue weighted by molar-refractivity contribution is 0.720. The van der Waals surface area contributed by atoms with Crippen LogP contribution in [0.15, 0.2) is 18.2 Å². The summed E-state index contributed by atoms with van der Waals surface area (Å²) in [5.41, 5.74) is 11.2. The summed E-state index contributed by atoms with van der Waals surface area (Å²) in [5.74, 6) is 1.87. The van der Waals surface area contributed by atoms with E-state index in [1.165, 1.54) is 24.1 Å². The molecule has 2 aliphatic rings. The summed E-state index contributed by atoms with van der Waals surface area (Å²) in [5, 5.41) is 0. The van der Waals surface area contributed by atoms with Gasteiger partial charge < -0.3 is 15.2 Å². The van der Waals surface area contributed by atoms with Crippen molar-refractivity contribution < 1.29 is 0 Å². The summed E-state index contributed by atoms with van der Waals surface area (Å²) in [6, 6.07) is 7.18. The van der Waals surface area contributed by atoms with Crippen molar-refractivity contribution in [3.63, 3.8) is 0 Å². The number of nitrogen functional groups attached to an aromatic ring is 1. The molecule has 0 amide bonds. The van der Waals surface area contributed by atoms with E-state index in [0.717, 1.165) is 35.9 Å². The Hall–Kier alpha value is -1.97. The van der Waals surface area contributed by atoms with Crippen molar-refractivity contribution in [1.29, 1.82) is 0 Å². The van der Waals surface area contributed by atoms with Gasteiger partial charge in [0.1, 0.15) is 17.3 Å². The number of rotatable bonds is 2. The maximum absolute atomic E-state index is 6.34. The molecule has 0 radical (unpaired) electrons. The molecule has 0 spiro atoms. The first kappa shape index (κ1) is 11.8. The van der Waals surface area contributed by atoms with Gasteiger partial charge in [-0.15, -0.1) is 0 Å². The second kappa shape index (κ2) is 4.01. The molecule has 4 heteroatoms. The zero-order valence-electron chi connectivity index (χ0n) is 12.1. The molecule has 1 aliphatic heterocycles. The Morgan fingerprint density at radius 3 is 2.85 bits per heavy atom. The minimum atomic E-state index is 0.580. The van der Waals surface area contributed by atoms with E-state index in [1.807, 2.05) is 0 Å². The normalized spacial score (nSPS) is 17.6. The van der Waals surface area contributed by atoms with Gasteiger partial charge in [0, 0.05) is 30.9 Å². The number of imidazole rings is 1. The number of likely N-dealkylation sites (N-methyl/N-ethyl adjacent to an activating group) is 1. The highest BCUT2D eigenvalue weighted by Gasteiger charge is 2.29. The van der Waals surface area contributed by atoms with Crippen molar-refractivity contribution in [2.75, 3.05) is 24.2 Å². The highest BCUT2D eigenvalue weighted by atomic mass is 15.2. The first-order valence-electron chi connectivity index (χ1n) is 7.34. The van der Waals surface area contributed by atoms with Crippen molar-refractivity contribution in [1.82, 2.24) is 9.55 Å². The number of aromatic nitrogens is 2. The Bertz CT molecular complexity index is 682. The quantitative estimate of drug-likeness (QED) is 0.911. The molecule has 104 valence electrons. The van der Waals surface area contributed by atoms with Gasteiger partial charge in [-0.25, -0.2) is 4.98 Å². The lowest BCUT2D eigenvalue weighted by atomic mass is 10.1. The number of hydrogen-bond donors (Lipinski definition) is 1. The molecule has 20 heavy (non-hydrogen) atoms. The summed E-state index contributed by atoms with van der Waals surface area (Å²) in [4.78, 5) is 7.01. The number of aryl methyl sites for hydroxylation is 1. The van der Waals surface area contributed by atoms with Crippen LogP contribution >= 0.6 is 0 Å². The minimum absolute atomic E-state index is 0.580. The Balaban J connectivity index is 1.80. The van der Waals surface area contributed by atoms with E-state index in [2.05, 4.69) is 41.6 Å². The summed E-state index contributed by atoms with van der Waals surface area (Å²) < 4.78 is 2.20. The maximum Gasteiger partial charge on any atom is 0.131 e. The van der Waals surface area contributed by atoms with E-state index in [1.54, 1.807) is 0 Å². The third-order valence-corrected chi connectivity index (χ3v) is 4.52. The monoisotopic (exact) mass is 268 g/mol. The molecule has 1 saturated carbocycles. The molecule has 0 atom stereocenters. The van der Waals surface area contributed by atoms with Crippen molar-refractivity contribution >= 4 is 11.5 Å². The van der Waals surface area contributed by atoms with Crippen LogP contribution in [0.5, 0.6) is 0 Å². The van der Waals surface area contributed by atoms with Crippen molar-refractivity contribution in [3.8, 4) is 11.3 Å². The molecular weight excluding hydrogens is 248 g/mol. The number of anilines is 2. The molecule has 0 saturated heterocycles. The average molecular weight is 268 g/mol. The molecular formula is C16H20N4. The predicted octanol–water partition coefficient (Wildman–Crippen LogP) is 2.77. The lowest BCUT2D eigenvalue weighted by Crippen LogP contribution is -2.12. The smallest absolute Gasteiger partial charge is 0.131 e. The van der Waals surface area contributed by atoms with Gasteiger partial charge in [-0.05, 0) is 43.9 Å². The predicted molar refractivity (Wildman–Crippen MR) is 82.1 cm³/mol. The molecule has 1 fully saturated rings. The summed E-state index contributed by atoms with van der Waals surface area (Å²) in [7, 11) is 2.14. The molecule has 1 aromatic heterocycles. The van der Waals surface area contributed by atoms with Gasteiger partial charge in [0.25, 0.3) is 0 Å². The molecule has 4 nitrogen and oxygen atoms in total. The van der Waals surface area contributed by atoms with Gasteiger partial charge in [-0.1, -0.05) is 6.07 Å². The number of nitrogens with two attached hydrogens (primary N) is 1. The van der Waals surface area contributed by atoms with Crippen LogP contribution in [0.2, 0.25) is 0 Å². The van der Waals surface area contributed by atoms with E-state index in [0.29, 0.717) is 6.04 Å². The van der Waals surface area contributed by atoms with Gasteiger partial charge in [0.05, 0.1) is 0 Å². The fourth-order valence-electron chi connectivity index (χ4n) is 3.28. The molecule has 1 aromatic carbocycles. The van der Waals surface area contributed by atoms with Gasteiger partial charge in [0.2, 0.25) is 0 Å². The van der Waals surface area contributed by atoms with E-state index in [-0.39, 0.29) is 0 Å². The standard InChI is InChI=1S/C16H20N4/c1-10-18-15(16(17)20(10)13-4-5-13)12-3-6-14-11(9-12)7-8-19(14)2/h3,6,9,13H,4-5,7-8,17H2,1-2H3. The van der Waals surface area contributed by atoms with Crippen LogP contribution in [-0.4, -0.2) is 23.1 Å². The minimum Gasteiger partial charge on any atom is -0.383 e. The van der Waals surface area contributed by atoms with E-state index < -0.39 is 0 Å². The van der Waals surface area contributed by atoms with Crippen LogP contribution in [0.25, 0.3) is 11.3 Å². The van der Waals surface area contributed by atoms with Crippen molar-refractivity contribution in [2.45, 2.75) is 32.2 Å². The first-order chi connectivity index (χ1) is 9.65. The number of fused-ring (bicyclic) bond motifs is 1. The molecule has 1 aliphatic carbocycles. The number of nitrogens with zero attached hydrogens (tertiary/aromatic N) is 3. The summed E-state index contributed by atoms with van der Waals surface area (Å²) in [6.45, 7) is 3.16. The average Bonchev–Trinajstić information content (AvgIpc) is 3.13. The van der Waals surface area contributed by atoms with E-state index in [9.17, 15) is 0 Å². The Labute approximate surface area is 119 Å². The summed E-state index contributed by atoms with van der Waals surface area (Å²) >= 11 is 0. The summed E-state index contributed by atoms with van der Waals surface area (Å²) in [6.07, 6.45) is 3.58. The van der Waals surface area contributed by atoms with Crippen LogP contribution in [0.3, 0.4) is 0 Å². The van der Waals surface area contributed by atoms with Gasteiger partial charge in [0.15, 0.2) is 0 Å². The van der Waals surface area contributed by atoms with Crippen LogP contribution < -0.4 is 10.6 Å². The third kappa shape index (κ3) is 1.64.